The standard InChI is InChI=1S/C28H41N3O5/c1-7-18(15-32)31-22(24(34)30-27(5,6)16-26(2,3)4)28-14-13-19(36-28)20(21(28)25(31)35)23(33)29-17-11-9-8-10-12-17/h8-12,18-22,32H,7,13-16H2,1-6H3,(H,29,33)(H,30,34)/t18-,19-,20+,21-,22?,28?/m0/s1. The number of rotatable bonds is 8. The Kier molecular flexibility index (Phi) is 6.99. The van der Waals surface area contributed by atoms with Crippen molar-refractivity contribution < 1.29 is 24.2 Å². The molecule has 3 fully saturated rings. The Morgan fingerprint density at radius 3 is 2.42 bits per heavy atom. The molecule has 0 radical (unpaired) electrons. The van der Waals surface area contributed by atoms with Crippen LogP contribution in [0.25, 0.3) is 0 Å². The Hall–Kier alpha value is -2.45. The number of nitrogens with one attached hydrogen (secondary N) is 2. The number of amides is 3. The number of hydrogen-bond donors (Lipinski definition) is 3. The van der Waals surface area contributed by atoms with Crippen LogP contribution >= 0.6 is 0 Å². The fourth-order valence-corrected chi connectivity index (χ4v) is 7.02. The first-order valence-corrected chi connectivity index (χ1v) is 13.1. The zero-order chi connectivity index (χ0) is 26.5. The van der Waals surface area contributed by atoms with Gasteiger partial charge in [0.25, 0.3) is 0 Å². The molecule has 1 spiro atoms. The van der Waals surface area contributed by atoms with Gasteiger partial charge < -0.3 is 25.4 Å². The Morgan fingerprint density at radius 2 is 1.83 bits per heavy atom. The second kappa shape index (κ2) is 9.45. The summed E-state index contributed by atoms with van der Waals surface area (Å²) in [6, 6.07) is 7.72. The summed E-state index contributed by atoms with van der Waals surface area (Å²) in [4.78, 5) is 42.9. The molecular formula is C28H41N3O5. The third-order valence-electron chi connectivity index (χ3n) is 7.84. The molecule has 2 unspecified atom stereocenters. The van der Waals surface area contributed by atoms with Crippen LogP contribution in [0.3, 0.4) is 0 Å². The van der Waals surface area contributed by atoms with Crippen molar-refractivity contribution in [2.24, 2.45) is 17.3 Å². The van der Waals surface area contributed by atoms with Crippen molar-refractivity contribution in [3.63, 3.8) is 0 Å². The first-order chi connectivity index (χ1) is 16.8. The number of carbonyl (C=O) groups is 3. The molecule has 1 aromatic carbocycles. The molecule has 8 nitrogen and oxygen atoms in total. The van der Waals surface area contributed by atoms with Gasteiger partial charge in [0, 0.05) is 11.2 Å². The number of nitrogens with zero attached hydrogens (tertiary/aromatic N) is 1. The molecule has 3 heterocycles. The minimum absolute atomic E-state index is 0.0111. The maximum Gasteiger partial charge on any atom is 0.246 e. The van der Waals surface area contributed by atoms with Gasteiger partial charge in [0.05, 0.1) is 30.6 Å². The van der Waals surface area contributed by atoms with Crippen molar-refractivity contribution in [1.29, 1.82) is 0 Å². The van der Waals surface area contributed by atoms with Crippen LogP contribution in [0.2, 0.25) is 0 Å². The lowest BCUT2D eigenvalue weighted by atomic mass is 9.70. The van der Waals surface area contributed by atoms with E-state index in [1.165, 1.54) is 4.90 Å². The van der Waals surface area contributed by atoms with Crippen LogP contribution in [0.4, 0.5) is 5.69 Å². The summed E-state index contributed by atoms with van der Waals surface area (Å²) in [6.07, 6.45) is 1.95. The number of aliphatic hydroxyl groups is 1. The third-order valence-corrected chi connectivity index (χ3v) is 7.84. The van der Waals surface area contributed by atoms with Crippen molar-refractivity contribution in [3.8, 4) is 0 Å². The van der Waals surface area contributed by atoms with E-state index in [-0.39, 0.29) is 29.7 Å². The SMILES string of the molecule is CC[C@@H](CO)N1C(=O)[C@@H]2[C@H](C(=O)Nc3ccccc3)[C@@H]3CCC2(O3)C1C(=O)NC(C)(C)CC(C)(C)C. The van der Waals surface area contributed by atoms with Gasteiger partial charge in [0.15, 0.2) is 0 Å². The Bertz CT molecular complexity index is 1000. The van der Waals surface area contributed by atoms with E-state index in [9.17, 15) is 19.5 Å². The lowest BCUT2D eigenvalue weighted by molar-refractivity contribution is -0.146. The van der Waals surface area contributed by atoms with Gasteiger partial charge in [-0.1, -0.05) is 45.9 Å². The second-order valence-corrected chi connectivity index (χ2v) is 12.5. The van der Waals surface area contributed by atoms with Gasteiger partial charge in [0.2, 0.25) is 17.7 Å². The van der Waals surface area contributed by atoms with Crippen molar-refractivity contribution in [3.05, 3.63) is 30.3 Å². The fourth-order valence-electron chi connectivity index (χ4n) is 7.02. The molecule has 1 aromatic rings. The number of aliphatic hydroxyl groups excluding tert-OH is 1. The monoisotopic (exact) mass is 499 g/mol. The molecule has 0 aliphatic carbocycles. The van der Waals surface area contributed by atoms with Gasteiger partial charge in [0.1, 0.15) is 11.6 Å². The first kappa shape index (κ1) is 26.6. The number of anilines is 1. The number of carbonyl (C=O) groups excluding carboxylic acids is 3. The predicted molar refractivity (Wildman–Crippen MR) is 137 cm³/mol. The maximum atomic E-state index is 14.0. The second-order valence-electron chi connectivity index (χ2n) is 12.5. The van der Waals surface area contributed by atoms with Gasteiger partial charge in [-0.2, -0.15) is 0 Å². The lowest BCUT2D eigenvalue weighted by Crippen LogP contribution is -2.61. The summed E-state index contributed by atoms with van der Waals surface area (Å²) >= 11 is 0. The van der Waals surface area contributed by atoms with Crippen LogP contribution in [-0.2, 0) is 19.1 Å². The summed E-state index contributed by atoms with van der Waals surface area (Å²) in [7, 11) is 0. The van der Waals surface area contributed by atoms with E-state index in [1.807, 2.05) is 39.0 Å². The average molecular weight is 500 g/mol. The van der Waals surface area contributed by atoms with Gasteiger partial charge in [-0.05, 0) is 57.1 Å². The predicted octanol–water partition coefficient (Wildman–Crippen LogP) is 3.10. The number of hydrogen-bond acceptors (Lipinski definition) is 5. The molecule has 0 aromatic heterocycles. The number of ether oxygens (including phenoxy) is 1. The van der Waals surface area contributed by atoms with E-state index in [2.05, 4.69) is 31.4 Å². The quantitative estimate of drug-likeness (QED) is 0.509. The summed E-state index contributed by atoms with van der Waals surface area (Å²) in [5.41, 5.74) is -0.949. The van der Waals surface area contributed by atoms with E-state index < -0.39 is 41.2 Å². The van der Waals surface area contributed by atoms with Gasteiger partial charge in [-0.15, -0.1) is 0 Å². The highest BCUT2D eigenvalue weighted by Gasteiger charge is 2.75. The molecule has 36 heavy (non-hydrogen) atoms. The molecule has 6 atom stereocenters. The minimum atomic E-state index is -1.08. The molecule has 198 valence electrons. The van der Waals surface area contributed by atoms with Gasteiger partial charge in [-0.25, -0.2) is 0 Å². The van der Waals surface area contributed by atoms with Crippen LogP contribution in [0.5, 0.6) is 0 Å². The van der Waals surface area contributed by atoms with E-state index in [1.54, 1.807) is 12.1 Å². The summed E-state index contributed by atoms with van der Waals surface area (Å²) in [5.74, 6) is -2.28. The van der Waals surface area contributed by atoms with E-state index in [4.69, 9.17) is 4.74 Å². The average Bonchev–Trinajstić information content (AvgIpc) is 3.41. The van der Waals surface area contributed by atoms with Crippen LogP contribution in [0, 0.1) is 17.3 Å². The summed E-state index contributed by atoms with van der Waals surface area (Å²) in [5, 5.41) is 16.3. The molecule has 2 bridgehead atoms. The minimum Gasteiger partial charge on any atom is -0.394 e. The van der Waals surface area contributed by atoms with Crippen LogP contribution in [0.15, 0.2) is 30.3 Å². The van der Waals surface area contributed by atoms with E-state index in [0.29, 0.717) is 24.9 Å². The Labute approximate surface area is 214 Å². The number of benzene rings is 1. The highest BCUT2D eigenvalue weighted by Crippen LogP contribution is 2.59. The smallest absolute Gasteiger partial charge is 0.246 e. The zero-order valence-corrected chi connectivity index (χ0v) is 22.3. The van der Waals surface area contributed by atoms with Crippen LogP contribution < -0.4 is 10.6 Å². The van der Waals surface area contributed by atoms with Crippen molar-refractivity contribution in [1.82, 2.24) is 10.2 Å². The summed E-state index contributed by atoms with van der Waals surface area (Å²) in [6.45, 7) is 12.0. The van der Waals surface area contributed by atoms with Crippen molar-refractivity contribution in [2.45, 2.75) is 96.6 Å². The van der Waals surface area contributed by atoms with Gasteiger partial charge >= 0.3 is 0 Å². The molecule has 8 heteroatoms. The lowest BCUT2D eigenvalue weighted by Gasteiger charge is -2.40. The highest BCUT2D eigenvalue weighted by molar-refractivity contribution is 6.02. The summed E-state index contributed by atoms with van der Waals surface area (Å²) < 4.78 is 6.48. The molecule has 3 saturated heterocycles. The largest absolute Gasteiger partial charge is 0.394 e. The molecule has 3 aliphatic rings. The normalized spacial score (nSPS) is 30.3. The van der Waals surface area contributed by atoms with E-state index in [0.717, 1.165) is 6.42 Å². The van der Waals surface area contributed by atoms with Crippen LogP contribution in [0.1, 0.15) is 67.2 Å². The molecular weight excluding hydrogens is 458 g/mol. The molecule has 3 aliphatic heterocycles. The molecule has 3 N–H and O–H groups in total. The maximum absolute atomic E-state index is 14.0. The highest BCUT2D eigenvalue weighted by atomic mass is 16.5. The topological polar surface area (TPSA) is 108 Å². The first-order valence-electron chi connectivity index (χ1n) is 13.1. The van der Waals surface area contributed by atoms with Crippen LogP contribution in [-0.4, -0.2) is 63.7 Å². The van der Waals surface area contributed by atoms with Crippen molar-refractivity contribution in [2.75, 3.05) is 11.9 Å². The number of para-hydroxylation sites is 1. The molecule has 3 amide bonds. The number of likely N-dealkylation sites (tertiary alicyclic amines) is 1. The van der Waals surface area contributed by atoms with E-state index >= 15 is 0 Å². The Balaban J connectivity index is 1.68. The fraction of sp³-hybridized carbons (Fsp3) is 0.679. The number of fused-ring (bicyclic) bond motifs is 1. The molecule has 4 rings (SSSR count). The molecule has 0 saturated carbocycles. The Morgan fingerprint density at radius 1 is 1.17 bits per heavy atom. The van der Waals surface area contributed by atoms with Crippen molar-refractivity contribution >= 4 is 23.4 Å². The van der Waals surface area contributed by atoms with Gasteiger partial charge in [-0.3, -0.25) is 14.4 Å². The third kappa shape index (κ3) is 4.65. The zero-order valence-electron chi connectivity index (χ0n) is 22.3.